The zero-order valence-electron chi connectivity index (χ0n) is 9.85. The van der Waals surface area contributed by atoms with Gasteiger partial charge in [-0.2, -0.15) is 0 Å². The number of nitro groups is 1. The number of aryl methyl sites for hydroxylation is 1. The van der Waals surface area contributed by atoms with Crippen LogP contribution in [0.3, 0.4) is 0 Å². The van der Waals surface area contributed by atoms with E-state index in [-0.39, 0.29) is 10.7 Å². The second-order valence-electron chi connectivity index (χ2n) is 3.87. The summed E-state index contributed by atoms with van der Waals surface area (Å²) in [5.41, 5.74) is 1.07. The molecule has 98 valence electrons. The highest BCUT2D eigenvalue weighted by Gasteiger charge is 2.10. The first-order valence-electron chi connectivity index (χ1n) is 5.30. The molecule has 5 nitrogen and oxygen atoms in total. The molecule has 0 aliphatic heterocycles. The largest absolute Gasteiger partial charge is 0.340 e. The minimum absolute atomic E-state index is 0.00966. The topological polar surface area (TPSA) is 68.1 Å². The predicted octanol–water partition coefficient (Wildman–Crippen LogP) is 3.83. The molecule has 19 heavy (non-hydrogen) atoms. The predicted molar refractivity (Wildman–Crippen MR) is 70.3 cm³/mol. The van der Waals surface area contributed by atoms with Crippen molar-refractivity contribution in [2.75, 3.05) is 5.32 Å². The highest BCUT2D eigenvalue weighted by atomic mass is 35.5. The molecule has 1 heterocycles. The van der Waals surface area contributed by atoms with E-state index >= 15 is 0 Å². The van der Waals surface area contributed by atoms with Crippen molar-refractivity contribution in [3.8, 4) is 0 Å². The molecular weight excluding hydrogens is 273 g/mol. The van der Waals surface area contributed by atoms with Gasteiger partial charge in [-0.3, -0.25) is 10.1 Å². The molecule has 0 saturated heterocycles. The van der Waals surface area contributed by atoms with Crippen molar-refractivity contribution in [1.82, 2.24) is 4.98 Å². The van der Waals surface area contributed by atoms with Crippen LogP contribution >= 0.6 is 11.6 Å². The van der Waals surface area contributed by atoms with E-state index < -0.39 is 10.7 Å². The minimum Gasteiger partial charge on any atom is -0.340 e. The van der Waals surface area contributed by atoms with Gasteiger partial charge in [0.2, 0.25) is 0 Å². The number of hydrogen-bond donors (Lipinski definition) is 1. The van der Waals surface area contributed by atoms with Crippen LogP contribution in [0.4, 0.5) is 21.6 Å². The van der Waals surface area contributed by atoms with Gasteiger partial charge < -0.3 is 5.32 Å². The molecule has 0 saturated carbocycles. The smallest absolute Gasteiger partial charge is 0.287 e. The molecule has 0 atom stereocenters. The minimum atomic E-state index is -0.515. The molecule has 0 amide bonds. The summed E-state index contributed by atoms with van der Waals surface area (Å²) < 4.78 is 13.0. The number of benzene rings is 1. The zero-order chi connectivity index (χ0) is 14.0. The van der Waals surface area contributed by atoms with Gasteiger partial charge in [-0.05, 0) is 30.7 Å². The lowest BCUT2D eigenvalue weighted by Crippen LogP contribution is -1.98. The molecular formula is C12H9ClFN3O2. The van der Waals surface area contributed by atoms with Gasteiger partial charge in [0.15, 0.2) is 0 Å². The van der Waals surface area contributed by atoms with Crippen molar-refractivity contribution in [3.05, 3.63) is 57.0 Å². The maximum atomic E-state index is 13.0. The molecule has 2 rings (SSSR count). The quantitative estimate of drug-likeness (QED) is 0.685. The van der Waals surface area contributed by atoms with E-state index in [2.05, 4.69) is 10.3 Å². The fraction of sp³-hybridized carbons (Fsp3) is 0.0833. The van der Waals surface area contributed by atoms with Gasteiger partial charge in [-0.25, -0.2) is 9.37 Å². The van der Waals surface area contributed by atoms with E-state index in [0.717, 1.165) is 6.20 Å². The molecule has 0 radical (unpaired) electrons. The summed E-state index contributed by atoms with van der Waals surface area (Å²) in [4.78, 5) is 14.0. The van der Waals surface area contributed by atoms with Crippen LogP contribution < -0.4 is 5.32 Å². The number of aromatic nitrogens is 1. The summed E-state index contributed by atoms with van der Waals surface area (Å²) in [6.45, 7) is 1.69. The average Bonchev–Trinajstić information content (AvgIpc) is 2.36. The van der Waals surface area contributed by atoms with Crippen LogP contribution in [-0.4, -0.2) is 9.91 Å². The fourth-order valence-corrected chi connectivity index (χ4v) is 1.68. The number of nitrogens with zero attached hydrogens (tertiary/aromatic N) is 2. The molecule has 7 heteroatoms. The number of anilines is 2. The maximum absolute atomic E-state index is 13.0. The number of rotatable bonds is 3. The first-order valence-corrected chi connectivity index (χ1v) is 5.68. The number of halogens is 2. The number of hydrogen-bond acceptors (Lipinski definition) is 4. The Morgan fingerprint density at radius 3 is 2.74 bits per heavy atom. The van der Waals surface area contributed by atoms with Crippen molar-refractivity contribution in [3.63, 3.8) is 0 Å². The normalized spacial score (nSPS) is 10.3. The van der Waals surface area contributed by atoms with Crippen LogP contribution in [0.2, 0.25) is 5.02 Å². The van der Waals surface area contributed by atoms with Crippen molar-refractivity contribution in [2.45, 2.75) is 6.92 Å². The summed E-state index contributed by atoms with van der Waals surface area (Å²) in [6, 6.07) is 5.55. The molecule has 1 aromatic carbocycles. The van der Waals surface area contributed by atoms with E-state index in [1.807, 2.05) is 0 Å². The summed E-state index contributed by atoms with van der Waals surface area (Å²) >= 11 is 5.66. The van der Waals surface area contributed by atoms with Crippen LogP contribution in [0.25, 0.3) is 0 Å². The Kier molecular flexibility index (Phi) is 3.62. The van der Waals surface area contributed by atoms with Crippen LogP contribution in [-0.2, 0) is 0 Å². The monoisotopic (exact) mass is 281 g/mol. The van der Waals surface area contributed by atoms with Crippen LogP contribution in [0.5, 0.6) is 0 Å². The second-order valence-corrected chi connectivity index (χ2v) is 4.28. The average molecular weight is 282 g/mol. The van der Waals surface area contributed by atoms with Crippen molar-refractivity contribution in [1.29, 1.82) is 0 Å². The van der Waals surface area contributed by atoms with Gasteiger partial charge in [0.25, 0.3) is 5.69 Å². The van der Waals surface area contributed by atoms with Gasteiger partial charge in [0, 0.05) is 11.8 Å². The Balaban J connectivity index is 2.28. The lowest BCUT2D eigenvalue weighted by molar-refractivity contribution is -0.385. The van der Waals surface area contributed by atoms with Crippen LogP contribution in [0.1, 0.15) is 5.56 Å². The molecule has 2 aromatic rings. The summed E-state index contributed by atoms with van der Waals surface area (Å²) in [7, 11) is 0. The van der Waals surface area contributed by atoms with Crippen molar-refractivity contribution in [2.24, 2.45) is 0 Å². The van der Waals surface area contributed by atoms with E-state index in [9.17, 15) is 14.5 Å². The maximum Gasteiger partial charge on any atom is 0.287 e. The third-order valence-electron chi connectivity index (χ3n) is 2.46. The lowest BCUT2D eigenvalue weighted by atomic mass is 10.2. The molecule has 0 unspecified atom stereocenters. The van der Waals surface area contributed by atoms with Gasteiger partial charge in [0.05, 0.1) is 9.95 Å². The molecule has 1 N–H and O–H groups in total. The molecule has 0 aliphatic carbocycles. The molecule has 0 fully saturated rings. The Hall–Kier alpha value is -2.21. The summed E-state index contributed by atoms with van der Waals surface area (Å²) in [5, 5.41) is 13.5. The SMILES string of the molecule is Cc1cc([N+](=O)[O-])cnc1Nc1ccc(F)c(Cl)c1. The van der Waals surface area contributed by atoms with E-state index in [0.29, 0.717) is 17.1 Å². The van der Waals surface area contributed by atoms with Gasteiger partial charge >= 0.3 is 0 Å². The van der Waals surface area contributed by atoms with Crippen LogP contribution in [0, 0.1) is 22.9 Å². The van der Waals surface area contributed by atoms with Gasteiger partial charge in [-0.15, -0.1) is 0 Å². The second kappa shape index (κ2) is 5.19. The van der Waals surface area contributed by atoms with Crippen LogP contribution in [0.15, 0.2) is 30.5 Å². The van der Waals surface area contributed by atoms with Gasteiger partial charge in [-0.1, -0.05) is 11.6 Å². The van der Waals surface area contributed by atoms with E-state index in [4.69, 9.17) is 11.6 Å². The zero-order valence-corrected chi connectivity index (χ0v) is 10.6. The van der Waals surface area contributed by atoms with Gasteiger partial charge in [0.1, 0.15) is 17.8 Å². The van der Waals surface area contributed by atoms with Crippen molar-refractivity contribution >= 4 is 28.8 Å². The standard InChI is InChI=1S/C12H9ClFN3O2/c1-7-4-9(17(18)19)6-15-12(7)16-8-2-3-11(14)10(13)5-8/h2-6H,1H3,(H,15,16). The number of nitrogens with one attached hydrogen (secondary N) is 1. The summed E-state index contributed by atoms with van der Waals surface area (Å²) in [6.07, 6.45) is 1.15. The van der Waals surface area contributed by atoms with Crippen molar-refractivity contribution < 1.29 is 9.31 Å². The molecule has 0 bridgehead atoms. The van der Waals surface area contributed by atoms with E-state index in [1.165, 1.54) is 24.3 Å². The Labute approximate surface area is 113 Å². The fourth-order valence-electron chi connectivity index (χ4n) is 1.50. The molecule has 0 spiro atoms. The highest BCUT2D eigenvalue weighted by Crippen LogP contribution is 2.24. The first kappa shape index (κ1) is 13.2. The Morgan fingerprint density at radius 2 is 2.16 bits per heavy atom. The molecule has 1 aromatic heterocycles. The number of pyridine rings is 1. The highest BCUT2D eigenvalue weighted by molar-refractivity contribution is 6.31. The third-order valence-corrected chi connectivity index (χ3v) is 2.75. The Bertz CT molecular complexity index is 649. The third kappa shape index (κ3) is 2.97. The first-order chi connectivity index (χ1) is 8.97. The summed E-state index contributed by atoms with van der Waals surface area (Å²) in [5.74, 6) is -0.0612. The lowest BCUT2D eigenvalue weighted by Gasteiger charge is -2.08. The Morgan fingerprint density at radius 1 is 1.42 bits per heavy atom. The van der Waals surface area contributed by atoms with E-state index in [1.54, 1.807) is 6.92 Å². The molecule has 0 aliphatic rings.